The summed E-state index contributed by atoms with van der Waals surface area (Å²) in [5, 5.41) is 6.48. The van der Waals surface area contributed by atoms with Crippen LogP contribution in [0.1, 0.15) is 71.3 Å². The topological polar surface area (TPSA) is 182 Å². The largest absolute Gasteiger partial charge is 0.496 e. The van der Waals surface area contributed by atoms with Crippen molar-refractivity contribution in [1.29, 1.82) is 0 Å². The number of nitrogens with one attached hydrogen (secondary N) is 3. The fraction of sp³-hybridized carbons (Fsp3) is 0.583. The van der Waals surface area contributed by atoms with Gasteiger partial charge in [-0.05, 0) is 79.5 Å². The molecule has 4 amide bonds. The lowest BCUT2D eigenvalue weighted by Gasteiger charge is -2.35. The number of alkyl carbamates (subject to hydrolysis) is 1. The molecule has 3 heterocycles. The van der Waals surface area contributed by atoms with E-state index in [1.54, 1.807) is 34.1 Å². The van der Waals surface area contributed by atoms with Gasteiger partial charge in [-0.25, -0.2) is 18.2 Å². The van der Waals surface area contributed by atoms with Crippen LogP contribution in [0, 0.1) is 11.3 Å². The van der Waals surface area contributed by atoms with Gasteiger partial charge in [-0.2, -0.15) is 0 Å². The summed E-state index contributed by atoms with van der Waals surface area (Å²) in [5.41, 5.74) is -1.37. The number of aromatic nitrogens is 1. The van der Waals surface area contributed by atoms with Crippen LogP contribution in [-0.2, 0) is 35.6 Å². The number of ether oxygens (including phenoxy) is 3. The van der Waals surface area contributed by atoms with Gasteiger partial charge in [0.05, 0.1) is 25.5 Å². The molecule has 2 saturated carbocycles. The van der Waals surface area contributed by atoms with Gasteiger partial charge in [0.1, 0.15) is 29.5 Å². The van der Waals surface area contributed by atoms with E-state index in [2.05, 4.69) is 26.9 Å². The Hall–Kier alpha value is -4.40. The molecule has 276 valence electrons. The molecule has 1 aromatic heterocycles. The summed E-state index contributed by atoms with van der Waals surface area (Å²) in [7, 11) is -2.27. The molecular weight excluding hydrogens is 678 g/mol. The van der Waals surface area contributed by atoms with Crippen LogP contribution in [-0.4, -0.2) is 91.4 Å². The van der Waals surface area contributed by atoms with Crippen molar-refractivity contribution in [3.8, 4) is 11.6 Å². The number of amides is 4. The number of pyridine rings is 1. The molecule has 3 N–H and O–H groups in total. The first kappa shape index (κ1) is 36.4. The van der Waals surface area contributed by atoms with Crippen molar-refractivity contribution in [1.82, 2.24) is 25.2 Å². The van der Waals surface area contributed by atoms with Crippen LogP contribution in [0.2, 0.25) is 0 Å². The Labute approximate surface area is 298 Å². The molecule has 4 bridgehead atoms. The summed E-state index contributed by atoms with van der Waals surface area (Å²) in [6, 6.07) is 3.57. The van der Waals surface area contributed by atoms with Crippen molar-refractivity contribution < 1.29 is 41.8 Å². The summed E-state index contributed by atoms with van der Waals surface area (Å²) in [6.45, 7) is 9.30. The summed E-state index contributed by atoms with van der Waals surface area (Å²) < 4.78 is 45.1. The molecule has 1 saturated heterocycles. The summed E-state index contributed by atoms with van der Waals surface area (Å²) in [6.07, 6.45) is 5.73. The summed E-state index contributed by atoms with van der Waals surface area (Å²) in [5.74, 6) is -1.47. The highest BCUT2D eigenvalue weighted by Gasteiger charge is 2.62. The smallest absolute Gasteiger partial charge is 0.407 e. The van der Waals surface area contributed by atoms with Gasteiger partial charge in [0.2, 0.25) is 27.7 Å². The first-order chi connectivity index (χ1) is 24.2. The minimum atomic E-state index is -3.89. The number of hydrogen-bond donors (Lipinski definition) is 3. The average molecular weight is 726 g/mol. The van der Waals surface area contributed by atoms with Gasteiger partial charge in [0.25, 0.3) is 5.91 Å². The van der Waals surface area contributed by atoms with E-state index in [4.69, 9.17) is 14.2 Å². The maximum Gasteiger partial charge on any atom is 0.407 e. The fourth-order valence-corrected chi connectivity index (χ4v) is 8.35. The maximum atomic E-state index is 14.4. The summed E-state index contributed by atoms with van der Waals surface area (Å²) >= 11 is 0. The second-order valence-electron chi connectivity index (χ2n) is 15.1. The lowest BCUT2D eigenvalue weighted by molar-refractivity contribution is -0.142. The Morgan fingerprint density at radius 3 is 2.61 bits per heavy atom. The zero-order valence-electron chi connectivity index (χ0n) is 29.5. The van der Waals surface area contributed by atoms with Gasteiger partial charge in [0, 0.05) is 23.9 Å². The number of hydrogen-bond acceptors (Lipinski definition) is 10. The standard InChI is InChI=1S/C36H47N5O9S/c1-6-23-19-36(23,33(44)40-51(46,47)25-11-12-25)39-30(42)27-18-24-20-41(27)32(43)29(35(2,3)4)38-34(45)49-15-9-7-8-10-22-16-26-21(17-28(22)48-5)13-14-37-31(26)50-24/h6,13-14,16-17,23-25,27,29H,1,7-12,15,18-20H2,2-5H3,(H,38,45)(H,39,42)(H,40,44)/t23-,24-,27+,29-,36?/m1/s1. The van der Waals surface area contributed by atoms with Gasteiger partial charge < -0.3 is 29.7 Å². The Kier molecular flexibility index (Phi) is 9.96. The van der Waals surface area contributed by atoms with Crippen molar-refractivity contribution in [3.63, 3.8) is 0 Å². The van der Waals surface area contributed by atoms with E-state index in [0.717, 1.165) is 34.9 Å². The SMILES string of the molecule is C=C[C@@H]1CC1(NC(=O)[C@@H]1C[C@@H]2CN1C(=O)[C@H](C(C)(C)C)NC(=O)OCCCCCc1cc3c(nccc3cc1OC)O2)C(=O)NS(=O)(=O)C1CC1. The average Bonchev–Trinajstić information content (AvgIpc) is 4.00. The highest BCUT2D eigenvalue weighted by atomic mass is 32.2. The van der Waals surface area contributed by atoms with Crippen LogP contribution < -0.4 is 24.8 Å². The molecule has 6 rings (SSSR count). The van der Waals surface area contributed by atoms with E-state index in [1.807, 2.05) is 18.2 Å². The van der Waals surface area contributed by atoms with Gasteiger partial charge >= 0.3 is 6.09 Å². The number of carbonyl (C=O) groups excluding carboxylic acids is 4. The minimum absolute atomic E-state index is 0.0263. The lowest BCUT2D eigenvalue weighted by Crippen LogP contribution is -2.60. The van der Waals surface area contributed by atoms with Gasteiger partial charge in [-0.15, -0.1) is 6.58 Å². The van der Waals surface area contributed by atoms with Crippen LogP contribution in [0.4, 0.5) is 4.79 Å². The number of sulfonamides is 1. The number of rotatable bonds is 7. The first-order valence-corrected chi connectivity index (χ1v) is 19.1. The molecule has 5 atom stereocenters. The van der Waals surface area contributed by atoms with Crippen molar-refractivity contribution in [3.05, 3.63) is 42.6 Å². The first-order valence-electron chi connectivity index (χ1n) is 17.5. The van der Waals surface area contributed by atoms with Crippen LogP contribution >= 0.6 is 0 Å². The Morgan fingerprint density at radius 2 is 1.94 bits per heavy atom. The third-order valence-corrected chi connectivity index (χ3v) is 12.0. The van der Waals surface area contributed by atoms with Crippen molar-refractivity contribution in [2.75, 3.05) is 20.3 Å². The molecule has 2 aliphatic carbocycles. The van der Waals surface area contributed by atoms with Crippen molar-refractivity contribution in [2.45, 2.75) is 101 Å². The van der Waals surface area contributed by atoms with E-state index < -0.39 is 74.1 Å². The van der Waals surface area contributed by atoms with E-state index >= 15 is 0 Å². The lowest BCUT2D eigenvalue weighted by atomic mass is 9.85. The van der Waals surface area contributed by atoms with E-state index in [1.165, 1.54) is 11.0 Å². The normalized spacial score (nSPS) is 27.3. The highest BCUT2D eigenvalue weighted by Crippen LogP contribution is 2.45. The second-order valence-corrected chi connectivity index (χ2v) is 17.0. The number of methoxy groups -OCH3 is 1. The molecule has 14 nitrogen and oxygen atoms in total. The molecule has 15 heteroatoms. The number of cyclic esters (lactones) is 1. The number of aryl methyl sites for hydroxylation is 1. The maximum absolute atomic E-state index is 14.4. The molecule has 1 unspecified atom stereocenters. The predicted octanol–water partition coefficient (Wildman–Crippen LogP) is 3.13. The molecule has 2 aromatic rings. The number of fused-ring (bicyclic) bond motifs is 3. The molecule has 0 radical (unpaired) electrons. The minimum Gasteiger partial charge on any atom is -0.496 e. The Balaban J connectivity index is 1.34. The van der Waals surface area contributed by atoms with Crippen molar-refractivity contribution in [2.24, 2.45) is 11.3 Å². The van der Waals surface area contributed by atoms with Gasteiger partial charge in [-0.1, -0.05) is 26.8 Å². The number of carbonyl (C=O) groups is 4. The third kappa shape index (κ3) is 7.63. The molecule has 1 aromatic carbocycles. The predicted molar refractivity (Wildman–Crippen MR) is 187 cm³/mol. The number of nitrogens with zero attached hydrogens (tertiary/aromatic N) is 2. The Bertz CT molecular complexity index is 1840. The molecule has 0 spiro atoms. The van der Waals surface area contributed by atoms with E-state index in [0.29, 0.717) is 31.6 Å². The molecule has 2 aliphatic heterocycles. The molecule has 3 fully saturated rings. The van der Waals surface area contributed by atoms with Gasteiger partial charge in [0.15, 0.2) is 0 Å². The fourth-order valence-electron chi connectivity index (χ4n) is 6.98. The summed E-state index contributed by atoms with van der Waals surface area (Å²) in [4.78, 5) is 61.0. The highest BCUT2D eigenvalue weighted by molar-refractivity contribution is 7.91. The van der Waals surface area contributed by atoms with Crippen LogP contribution in [0.3, 0.4) is 0 Å². The monoisotopic (exact) mass is 725 g/mol. The number of benzene rings is 1. The molecule has 51 heavy (non-hydrogen) atoms. The quantitative estimate of drug-likeness (QED) is 0.359. The van der Waals surface area contributed by atoms with Crippen LogP contribution in [0.5, 0.6) is 11.6 Å². The molecular formula is C36H47N5O9S. The van der Waals surface area contributed by atoms with E-state index in [-0.39, 0.29) is 26.0 Å². The Morgan fingerprint density at radius 1 is 1.18 bits per heavy atom. The van der Waals surface area contributed by atoms with Crippen LogP contribution in [0.15, 0.2) is 37.1 Å². The zero-order valence-corrected chi connectivity index (χ0v) is 30.3. The molecule has 4 aliphatic rings. The van der Waals surface area contributed by atoms with Gasteiger partial charge in [-0.3, -0.25) is 19.1 Å². The second kappa shape index (κ2) is 14.0. The third-order valence-electron chi connectivity index (χ3n) is 10.2. The zero-order chi connectivity index (χ0) is 36.7. The van der Waals surface area contributed by atoms with Crippen LogP contribution in [0.25, 0.3) is 10.8 Å². The van der Waals surface area contributed by atoms with E-state index in [9.17, 15) is 27.6 Å². The van der Waals surface area contributed by atoms with Crippen molar-refractivity contribution >= 4 is 44.6 Å².